The van der Waals surface area contributed by atoms with Gasteiger partial charge in [-0.05, 0) is 45.4 Å². The van der Waals surface area contributed by atoms with Crippen molar-refractivity contribution in [2.45, 2.75) is 44.7 Å². The second-order valence-corrected chi connectivity index (χ2v) is 8.52. The number of alkyl halides is 3. The van der Waals surface area contributed by atoms with Crippen LogP contribution in [0.15, 0.2) is 30.9 Å². The molecular formula is C16H22F3NOS. The third-order valence-electron chi connectivity index (χ3n) is 3.17. The second kappa shape index (κ2) is 6.64. The van der Waals surface area contributed by atoms with Crippen LogP contribution in [0.4, 0.5) is 13.2 Å². The third kappa shape index (κ3) is 4.51. The zero-order valence-electron chi connectivity index (χ0n) is 13.5. The average molecular weight is 333 g/mol. The van der Waals surface area contributed by atoms with E-state index >= 15 is 0 Å². The molecule has 0 aromatic heterocycles. The van der Waals surface area contributed by atoms with Crippen molar-refractivity contribution in [2.24, 2.45) is 0 Å². The molecule has 0 bridgehead atoms. The summed E-state index contributed by atoms with van der Waals surface area (Å²) in [4.78, 5) is 0. The summed E-state index contributed by atoms with van der Waals surface area (Å²) < 4.78 is 52.4. The largest absolute Gasteiger partial charge is 0.597 e. The van der Waals surface area contributed by atoms with Crippen molar-refractivity contribution in [3.05, 3.63) is 47.5 Å². The molecule has 0 saturated heterocycles. The summed E-state index contributed by atoms with van der Waals surface area (Å²) in [5, 5.41) is 0. The molecule has 0 N–H and O–H groups in total. The Morgan fingerprint density at radius 1 is 1.23 bits per heavy atom. The maximum absolute atomic E-state index is 13.0. The van der Waals surface area contributed by atoms with Gasteiger partial charge in [0.1, 0.15) is 4.75 Å². The molecule has 0 saturated carbocycles. The zero-order valence-corrected chi connectivity index (χ0v) is 14.3. The molecule has 6 heteroatoms. The van der Waals surface area contributed by atoms with Gasteiger partial charge in [0.25, 0.3) is 0 Å². The Hall–Kier alpha value is -0.980. The highest BCUT2D eigenvalue weighted by molar-refractivity contribution is 7.90. The van der Waals surface area contributed by atoms with Crippen LogP contribution in [0.3, 0.4) is 0 Å². The molecule has 2 atom stereocenters. The summed E-state index contributed by atoms with van der Waals surface area (Å²) in [6, 6.07) is 3.30. The van der Waals surface area contributed by atoms with Crippen LogP contribution < -0.4 is 0 Å². The second-order valence-electron chi connectivity index (χ2n) is 6.22. The van der Waals surface area contributed by atoms with E-state index < -0.39 is 33.9 Å². The van der Waals surface area contributed by atoms with Crippen molar-refractivity contribution in [1.82, 2.24) is 4.31 Å². The fraction of sp³-hybridized carbons (Fsp3) is 0.500. The lowest BCUT2D eigenvalue weighted by Crippen LogP contribution is -2.42. The van der Waals surface area contributed by atoms with Gasteiger partial charge in [-0.2, -0.15) is 13.2 Å². The molecule has 1 aromatic carbocycles. The number of hydrogen-bond acceptors (Lipinski definition) is 2. The van der Waals surface area contributed by atoms with Crippen LogP contribution >= 0.6 is 0 Å². The lowest BCUT2D eigenvalue weighted by Gasteiger charge is -2.34. The van der Waals surface area contributed by atoms with Gasteiger partial charge in [0, 0.05) is 18.4 Å². The highest BCUT2D eigenvalue weighted by Gasteiger charge is 2.36. The normalized spacial score (nSPS) is 15.7. The molecule has 1 aromatic rings. The molecule has 2 nitrogen and oxygen atoms in total. The monoisotopic (exact) mass is 333 g/mol. The topological polar surface area (TPSA) is 26.3 Å². The van der Waals surface area contributed by atoms with E-state index in [-0.39, 0.29) is 0 Å². The summed E-state index contributed by atoms with van der Waals surface area (Å²) in [6.07, 6.45) is -2.90. The Morgan fingerprint density at radius 3 is 2.18 bits per heavy atom. The minimum atomic E-state index is -4.41. The van der Waals surface area contributed by atoms with Gasteiger partial charge in [0.05, 0.1) is 11.6 Å². The van der Waals surface area contributed by atoms with Gasteiger partial charge in [0.15, 0.2) is 0 Å². The first-order chi connectivity index (χ1) is 9.87. The molecular weight excluding hydrogens is 311 g/mol. The highest BCUT2D eigenvalue weighted by atomic mass is 32.2. The fourth-order valence-corrected chi connectivity index (χ4v) is 3.45. The number of hydrogen-bond donors (Lipinski definition) is 0. The standard InChI is InChI=1S/C16H22F3NOS/c1-7-14(20(6)22(21)15(3,4)5)12-8-11(2)9-13(10-12)16(17,18)19/h7-10,14H,1H2,2-6H3/t14-,22?/m1/s1. The lowest BCUT2D eigenvalue weighted by molar-refractivity contribution is -0.137. The number of rotatable bonds is 4. The molecule has 124 valence electrons. The highest BCUT2D eigenvalue weighted by Crippen LogP contribution is 2.35. The van der Waals surface area contributed by atoms with Crippen LogP contribution in [0, 0.1) is 6.92 Å². The van der Waals surface area contributed by atoms with Crippen molar-refractivity contribution in [1.29, 1.82) is 0 Å². The Kier molecular flexibility index (Phi) is 5.76. The smallest absolute Gasteiger partial charge is 0.416 e. The number of benzene rings is 1. The molecule has 0 aliphatic rings. The van der Waals surface area contributed by atoms with E-state index in [1.807, 2.05) is 20.8 Å². The van der Waals surface area contributed by atoms with E-state index in [2.05, 4.69) is 6.58 Å². The van der Waals surface area contributed by atoms with E-state index in [1.165, 1.54) is 6.08 Å². The van der Waals surface area contributed by atoms with Crippen LogP contribution in [-0.2, 0) is 17.5 Å². The quantitative estimate of drug-likeness (QED) is 0.593. The molecule has 0 aliphatic carbocycles. The molecule has 0 aliphatic heterocycles. The molecule has 0 fully saturated rings. The summed E-state index contributed by atoms with van der Waals surface area (Å²) >= 11 is -1.37. The van der Waals surface area contributed by atoms with Gasteiger partial charge >= 0.3 is 6.18 Å². The van der Waals surface area contributed by atoms with Crippen molar-refractivity contribution in [3.8, 4) is 0 Å². The minimum Gasteiger partial charge on any atom is -0.597 e. The van der Waals surface area contributed by atoms with Crippen molar-refractivity contribution in [3.63, 3.8) is 0 Å². The van der Waals surface area contributed by atoms with Crippen LogP contribution in [0.25, 0.3) is 0 Å². The molecule has 0 radical (unpaired) electrons. The summed E-state index contributed by atoms with van der Waals surface area (Å²) in [5.41, 5.74) is 0.235. The Balaban J connectivity index is 3.26. The first kappa shape index (κ1) is 19.1. The predicted molar refractivity (Wildman–Crippen MR) is 84.8 cm³/mol. The summed E-state index contributed by atoms with van der Waals surface area (Å²) in [5.74, 6) is 0. The van der Waals surface area contributed by atoms with Crippen LogP contribution in [-0.4, -0.2) is 20.7 Å². The van der Waals surface area contributed by atoms with Gasteiger partial charge in [-0.15, -0.1) is 10.9 Å². The van der Waals surface area contributed by atoms with Crippen molar-refractivity contribution in [2.75, 3.05) is 7.05 Å². The van der Waals surface area contributed by atoms with Crippen LogP contribution in [0.5, 0.6) is 0 Å². The molecule has 1 unspecified atom stereocenters. The molecule has 0 spiro atoms. The van der Waals surface area contributed by atoms with E-state index in [9.17, 15) is 17.7 Å². The van der Waals surface area contributed by atoms with Crippen LogP contribution in [0.2, 0.25) is 0 Å². The van der Waals surface area contributed by atoms with Gasteiger partial charge in [-0.1, -0.05) is 17.7 Å². The van der Waals surface area contributed by atoms with E-state index in [0.29, 0.717) is 11.1 Å². The van der Waals surface area contributed by atoms with E-state index in [1.54, 1.807) is 24.3 Å². The molecule has 1 rings (SSSR count). The number of aryl methyl sites for hydroxylation is 1. The van der Waals surface area contributed by atoms with Crippen molar-refractivity contribution >= 4 is 11.4 Å². The minimum absolute atomic E-state index is 0.433. The molecule has 22 heavy (non-hydrogen) atoms. The molecule has 0 heterocycles. The van der Waals surface area contributed by atoms with Gasteiger partial charge in [-0.25, -0.2) is 0 Å². The Labute approximate surface area is 133 Å². The summed E-state index contributed by atoms with van der Waals surface area (Å²) in [6.45, 7) is 10.7. The fourth-order valence-electron chi connectivity index (χ4n) is 2.18. The van der Waals surface area contributed by atoms with Gasteiger partial charge in [0.2, 0.25) is 0 Å². The summed E-state index contributed by atoms with van der Waals surface area (Å²) in [7, 11) is 1.63. The van der Waals surface area contributed by atoms with Crippen molar-refractivity contribution < 1.29 is 17.7 Å². The van der Waals surface area contributed by atoms with Gasteiger partial charge < -0.3 is 4.55 Å². The number of nitrogens with zero attached hydrogens (tertiary/aromatic N) is 1. The first-order valence-corrected chi connectivity index (χ1v) is 7.94. The van der Waals surface area contributed by atoms with E-state index in [0.717, 1.165) is 12.1 Å². The average Bonchev–Trinajstić information content (AvgIpc) is 2.35. The molecule has 0 amide bonds. The Morgan fingerprint density at radius 2 is 1.77 bits per heavy atom. The van der Waals surface area contributed by atoms with E-state index in [4.69, 9.17) is 0 Å². The first-order valence-electron chi connectivity index (χ1n) is 6.84. The lowest BCUT2D eigenvalue weighted by atomic mass is 10.0. The maximum Gasteiger partial charge on any atom is 0.416 e. The number of halogens is 3. The number of likely N-dealkylation sites (N-methyl/N-ethyl adjacent to an activating group) is 1. The predicted octanol–water partition coefficient (Wildman–Crippen LogP) is 4.63. The Bertz CT molecular complexity index is 537. The third-order valence-corrected chi connectivity index (χ3v) is 4.97. The maximum atomic E-state index is 13.0. The van der Waals surface area contributed by atoms with Crippen LogP contribution in [0.1, 0.15) is 43.5 Å². The van der Waals surface area contributed by atoms with Gasteiger partial charge in [-0.3, -0.25) is 0 Å². The SMILES string of the molecule is C=C[C@H](c1cc(C)cc(C(F)(F)F)c1)N(C)[S+]([O-])C(C)(C)C. The zero-order chi connectivity index (χ0) is 17.3.